The Hall–Kier alpha value is -0.640. The van der Waals surface area contributed by atoms with Gasteiger partial charge in [-0.05, 0) is 17.7 Å². The van der Waals surface area contributed by atoms with Crippen molar-refractivity contribution in [2.24, 2.45) is 0 Å². The summed E-state index contributed by atoms with van der Waals surface area (Å²) in [4.78, 5) is 2.28. The first-order valence-corrected chi connectivity index (χ1v) is 5.43. The summed E-state index contributed by atoms with van der Waals surface area (Å²) in [5.41, 5.74) is 0.986. The Morgan fingerprint density at radius 2 is 2.07 bits per heavy atom. The van der Waals surface area contributed by atoms with Crippen LogP contribution in [0.15, 0.2) is 18.2 Å². The third kappa shape index (κ3) is 2.91. The van der Waals surface area contributed by atoms with Crippen molar-refractivity contribution in [2.75, 3.05) is 26.2 Å². The second-order valence-corrected chi connectivity index (χ2v) is 4.09. The summed E-state index contributed by atoms with van der Waals surface area (Å²) in [6, 6.07) is 4.57. The Balaban J connectivity index is 2.03. The molecule has 0 bridgehead atoms. The fourth-order valence-electron chi connectivity index (χ4n) is 1.70. The highest BCUT2D eigenvalue weighted by atomic mass is 35.5. The minimum Gasteiger partial charge on any atom is -0.296 e. The van der Waals surface area contributed by atoms with Gasteiger partial charge in [0.25, 0.3) is 0 Å². The molecule has 1 aromatic rings. The molecule has 0 N–H and O–H groups in total. The van der Waals surface area contributed by atoms with Gasteiger partial charge in [0.05, 0.1) is 0 Å². The lowest BCUT2D eigenvalue weighted by Gasteiger charge is -2.26. The van der Waals surface area contributed by atoms with E-state index in [4.69, 9.17) is 11.6 Å². The van der Waals surface area contributed by atoms with Crippen LogP contribution in [0.2, 0.25) is 5.02 Å². The van der Waals surface area contributed by atoms with Crippen molar-refractivity contribution in [2.45, 2.75) is 6.54 Å². The van der Waals surface area contributed by atoms with Crippen LogP contribution in [-0.2, 0) is 6.54 Å². The van der Waals surface area contributed by atoms with Crippen molar-refractivity contribution in [1.82, 2.24) is 10.2 Å². The van der Waals surface area contributed by atoms with E-state index in [0.29, 0.717) is 5.02 Å². The van der Waals surface area contributed by atoms with Gasteiger partial charge in [0.1, 0.15) is 5.82 Å². The molecule has 4 heteroatoms. The number of hydrogen-bond donors (Lipinski definition) is 0. The molecule has 1 heterocycles. The SMILES string of the molecule is Fc1ccc(CN2CC[N]CC2)c(Cl)c1. The third-order valence-corrected chi connectivity index (χ3v) is 2.91. The molecule has 2 nitrogen and oxygen atoms in total. The van der Waals surface area contributed by atoms with Crippen molar-refractivity contribution >= 4 is 11.6 Å². The maximum atomic E-state index is 12.8. The standard InChI is InChI=1S/C11H13ClFN2/c12-11-7-10(13)2-1-9(11)8-15-5-3-14-4-6-15/h1-2,7H,3-6,8H2. The summed E-state index contributed by atoms with van der Waals surface area (Å²) in [7, 11) is 0. The summed E-state index contributed by atoms with van der Waals surface area (Å²) >= 11 is 5.96. The van der Waals surface area contributed by atoms with Gasteiger partial charge in [-0.25, -0.2) is 9.71 Å². The monoisotopic (exact) mass is 227 g/mol. The van der Waals surface area contributed by atoms with Crippen LogP contribution >= 0.6 is 11.6 Å². The quantitative estimate of drug-likeness (QED) is 0.755. The molecule has 1 fully saturated rings. The predicted octanol–water partition coefficient (Wildman–Crippen LogP) is 1.90. The van der Waals surface area contributed by atoms with Crippen LogP contribution in [0.25, 0.3) is 0 Å². The van der Waals surface area contributed by atoms with Crippen molar-refractivity contribution in [3.05, 3.63) is 34.6 Å². The van der Waals surface area contributed by atoms with E-state index in [1.54, 1.807) is 6.07 Å². The minimum absolute atomic E-state index is 0.280. The summed E-state index contributed by atoms with van der Waals surface area (Å²) in [6.07, 6.45) is 0. The molecule has 1 aromatic carbocycles. The van der Waals surface area contributed by atoms with Crippen LogP contribution < -0.4 is 5.32 Å². The van der Waals surface area contributed by atoms with Crippen LogP contribution in [0, 0.1) is 5.82 Å². The summed E-state index contributed by atoms with van der Waals surface area (Å²) in [6.45, 7) is 4.49. The lowest BCUT2D eigenvalue weighted by molar-refractivity contribution is 0.231. The highest BCUT2D eigenvalue weighted by Gasteiger charge is 2.12. The molecule has 1 aliphatic rings. The highest BCUT2D eigenvalue weighted by Crippen LogP contribution is 2.19. The zero-order valence-corrected chi connectivity index (χ0v) is 9.17. The largest absolute Gasteiger partial charge is 0.296 e. The number of piperazine rings is 1. The summed E-state index contributed by atoms with van der Waals surface area (Å²) < 4.78 is 12.8. The van der Waals surface area contributed by atoms with E-state index in [0.717, 1.165) is 38.3 Å². The van der Waals surface area contributed by atoms with Crippen LogP contribution in [-0.4, -0.2) is 31.1 Å². The van der Waals surface area contributed by atoms with Crippen LogP contribution in [0.3, 0.4) is 0 Å². The molecule has 0 spiro atoms. The van der Waals surface area contributed by atoms with Gasteiger partial charge in [-0.3, -0.25) is 4.90 Å². The molecule has 1 radical (unpaired) electrons. The lowest BCUT2D eigenvalue weighted by atomic mass is 10.2. The first kappa shape index (κ1) is 10.9. The first-order chi connectivity index (χ1) is 7.25. The molecule has 1 saturated heterocycles. The molecule has 0 atom stereocenters. The predicted molar refractivity (Wildman–Crippen MR) is 58.6 cm³/mol. The third-order valence-electron chi connectivity index (χ3n) is 2.56. The number of nitrogens with zero attached hydrogens (tertiary/aromatic N) is 2. The van der Waals surface area contributed by atoms with Gasteiger partial charge < -0.3 is 0 Å². The van der Waals surface area contributed by atoms with E-state index >= 15 is 0 Å². The molecule has 15 heavy (non-hydrogen) atoms. The second kappa shape index (κ2) is 4.92. The highest BCUT2D eigenvalue weighted by molar-refractivity contribution is 6.31. The molecular formula is C11H13ClFN2. The van der Waals surface area contributed by atoms with Gasteiger partial charge >= 0.3 is 0 Å². The molecule has 81 valence electrons. The topological polar surface area (TPSA) is 17.3 Å². The van der Waals surface area contributed by atoms with Crippen molar-refractivity contribution in [1.29, 1.82) is 0 Å². The molecule has 0 amide bonds. The van der Waals surface area contributed by atoms with Gasteiger partial charge in [-0.15, -0.1) is 0 Å². The van der Waals surface area contributed by atoms with Gasteiger partial charge in [0.2, 0.25) is 0 Å². The van der Waals surface area contributed by atoms with Gasteiger partial charge in [0, 0.05) is 37.7 Å². The zero-order valence-electron chi connectivity index (χ0n) is 8.42. The Labute approximate surface area is 94.0 Å². The first-order valence-electron chi connectivity index (χ1n) is 5.05. The average molecular weight is 228 g/mol. The van der Waals surface area contributed by atoms with Crippen LogP contribution in [0.5, 0.6) is 0 Å². The Kier molecular flexibility index (Phi) is 3.57. The van der Waals surface area contributed by atoms with E-state index in [1.165, 1.54) is 12.1 Å². The average Bonchev–Trinajstić information content (AvgIpc) is 2.24. The fourth-order valence-corrected chi connectivity index (χ4v) is 1.92. The van der Waals surface area contributed by atoms with Gasteiger partial charge in [0.15, 0.2) is 0 Å². The Morgan fingerprint density at radius 3 is 2.73 bits per heavy atom. The van der Waals surface area contributed by atoms with E-state index in [-0.39, 0.29) is 5.82 Å². The number of rotatable bonds is 2. The molecule has 0 aliphatic carbocycles. The maximum Gasteiger partial charge on any atom is 0.124 e. The molecule has 0 aromatic heterocycles. The van der Waals surface area contributed by atoms with Crippen LogP contribution in [0.4, 0.5) is 4.39 Å². The molecule has 1 aliphatic heterocycles. The number of benzene rings is 1. The van der Waals surface area contributed by atoms with E-state index < -0.39 is 0 Å². The smallest absolute Gasteiger partial charge is 0.124 e. The Bertz CT molecular complexity index is 337. The molecule has 0 saturated carbocycles. The second-order valence-electron chi connectivity index (χ2n) is 3.68. The van der Waals surface area contributed by atoms with Gasteiger partial charge in [-0.2, -0.15) is 0 Å². The number of halogens is 2. The zero-order chi connectivity index (χ0) is 10.7. The van der Waals surface area contributed by atoms with E-state index in [1.807, 2.05) is 0 Å². The van der Waals surface area contributed by atoms with Crippen molar-refractivity contribution < 1.29 is 4.39 Å². The van der Waals surface area contributed by atoms with Crippen molar-refractivity contribution in [3.63, 3.8) is 0 Å². The molecule has 0 unspecified atom stereocenters. The fraction of sp³-hybridized carbons (Fsp3) is 0.455. The lowest BCUT2D eigenvalue weighted by Crippen LogP contribution is -2.39. The van der Waals surface area contributed by atoms with Crippen molar-refractivity contribution in [3.8, 4) is 0 Å². The normalized spacial score (nSPS) is 18.0. The Morgan fingerprint density at radius 1 is 1.33 bits per heavy atom. The maximum absolute atomic E-state index is 12.8. The number of hydrogen-bond acceptors (Lipinski definition) is 1. The summed E-state index contributed by atoms with van der Waals surface area (Å²) in [5, 5.41) is 4.78. The molecular weight excluding hydrogens is 215 g/mol. The molecule has 2 rings (SSSR count). The van der Waals surface area contributed by atoms with Crippen LogP contribution in [0.1, 0.15) is 5.56 Å². The van der Waals surface area contributed by atoms with E-state index in [2.05, 4.69) is 10.2 Å². The minimum atomic E-state index is -0.280. The van der Waals surface area contributed by atoms with Gasteiger partial charge in [-0.1, -0.05) is 17.7 Å². The summed E-state index contributed by atoms with van der Waals surface area (Å²) in [5.74, 6) is -0.280. The van der Waals surface area contributed by atoms with E-state index in [9.17, 15) is 4.39 Å².